The fourth-order valence-corrected chi connectivity index (χ4v) is 4.79. The van der Waals surface area contributed by atoms with E-state index in [0.29, 0.717) is 36.1 Å². The van der Waals surface area contributed by atoms with E-state index >= 15 is 0 Å². The monoisotopic (exact) mass is 552 g/mol. The lowest BCUT2D eigenvalue weighted by atomic mass is 10.0. The number of sulfonamides is 1. The first kappa shape index (κ1) is 29.3. The van der Waals surface area contributed by atoms with Crippen molar-refractivity contribution in [3.05, 3.63) is 89.2 Å². The molecular weight excluding hydrogens is 522 g/mol. The number of hydrogen-bond acceptors (Lipinski definition) is 8. The van der Waals surface area contributed by atoms with E-state index in [1.54, 1.807) is 30.3 Å². The van der Waals surface area contributed by atoms with Crippen molar-refractivity contribution in [1.82, 2.24) is 15.0 Å². The third-order valence-corrected chi connectivity index (χ3v) is 7.09. The highest BCUT2D eigenvalue weighted by Crippen LogP contribution is 2.16. The number of carboxylic acid groups (broad SMARTS) is 1. The van der Waals surface area contributed by atoms with Crippen molar-refractivity contribution in [3.8, 4) is 5.75 Å². The van der Waals surface area contributed by atoms with E-state index in [1.165, 1.54) is 24.3 Å². The van der Waals surface area contributed by atoms with Crippen LogP contribution in [-0.2, 0) is 27.7 Å². The molecule has 2 aromatic carbocycles. The summed E-state index contributed by atoms with van der Waals surface area (Å²) in [6.45, 7) is 2.10. The topological polar surface area (TPSA) is 155 Å². The number of carboxylic acids is 1. The molecule has 3 rings (SSSR count). The molecule has 11 heteroatoms. The second kappa shape index (κ2) is 14.1. The Bertz CT molecular complexity index is 1410. The Labute approximate surface area is 227 Å². The Hall–Kier alpha value is -4.25. The van der Waals surface area contributed by atoms with E-state index in [4.69, 9.17) is 4.74 Å². The molecule has 0 saturated carbocycles. The van der Waals surface area contributed by atoms with Crippen LogP contribution in [0.15, 0.2) is 71.8 Å². The van der Waals surface area contributed by atoms with Gasteiger partial charge in [-0.3, -0.25) is 14.6 Å². The van der Waals surface area contributed by atoms with E-state index in [0.717, 1.165) is 19.0 Å². The Morgan fingerprint density at radius 1 is 0.974 bits per heavy atom. The third-order valence-electron chi connectivity index (χ3n) is 5.76. The van der Waals surface area contributed by atoms with Gasteiger partial charge < -0.3 is 20.0 Å². The standard InChI is InChI=1S/C28H31N3O7S/c1-2-3-5-10-21-17-22(18-30-26(21)28(34)35)27(33)31-39(36,37)24-13-8-9-20(16-24)14-15-29-25(32)19-38-23-11-6-4-7-12-23/h4,6-9,11-13,16-18H,2-3,5,10,14-15,19H2,1H3,(H,29,32)(H,31,33)(H,34,35)/p-1. The van der Waals surface area contributed by atoms with Crippen LogP contribution in [0.25, 0.3) is 0 Å². The predicted molar refractivity (Wildman–Crippen MR) is 142 cm³/mol. The normalized spacial score (nSPS) is 11.0. The largest absolute Gasteiger partial charge is 0.543 e. The molecule has 0 bridgehead atoms. The van der Waals surface area contributed by atoms with Crippen LogP contribution in [-0.4, -0.2) is 44.3 Å². The summed E-state index contributed by atoms with van der Waals surface area (Å²) in [6.07, 6.45) is 4.20. The van der Waals surface area contributed by atoms with Gasteiger partial charge in [-0.25, -0.2) is 13.1 Å². The molecule has 2 N–H and O–H groups in total. The Kier molecular flexibility index (Phi) is 10.6. The minimum Gasteiger partial charge on any atom is -0.543 e. The number of nitrogens with zero attached hydrogens (tertiary/aromatic N) is 1. The van der Waals surface area contributed by atoms with Crippen LogP contribution in [0.3, 0.4) is 0 Å². The highest BCUT2D eigenvalue weighted by molar-refractivity contribution is 7.90. The number of nitrogens with one attached hydrogen (secondary N) is 2. The zero-order valence-electron chi connectivity index (χ0n) is 21.5. The molecule has 1 heterocycles. The van der Waals surface area contributed by atoms with Crippen molar-refractivity contribution in [3.63, 3.8) is 0 Å². The van der Waals surface area contributed by atoms with E-state index in [1.807, 2.05) is 17.7 Å². The van der Waals surface area contributed by atoms with Crippen LogP contribution in [0.1, 0.15) is 58.2 Å². The van der Waals surface area contributed by atoms with Gasteiger partial charge in [0, 0.05) is 12.7 Å². The SMILES string of the molecule is CCCCCc1cc(C(=O)NS(=O)(=O)c2cccc(CCNC(=O)COc3ccccc3)c2)cnc1C(=O)[O-]. The number of aromatic carboxylic acids is 1. The zero-order valence-corrected chi connectivity index (χ0v) is 22.3. The average Bonchev–Trinajstić information content (AvgIpc) is 2.92. The maximum absolute atomic E-state index is 12.9. The van der Waals surface area contributed by atoms with E-state index in [2.05, 4.69) is 10.3 Å². The molecule has 0 aliphatic heterocycles. The molecule has 0 fully saturated rings. The van der Waals surface area contributed by atoms with Gasteiger partial charge in [0.1, 0.15) is 5.75 Å². The van der Waals surface area contributed by atoms with E-state index < -0.39 is 21.9 Å². The van der Waals surface area contributed by atoms with Gasteiger partial charge in [-0.1, -0.05) is 50.1 Å². The van der Waals surface area contributed by atoms with Crippen molar-refractivity contribution in [2.45, 2.75) is 43.9 Å². The molecule has 1 aromatic heterocycles. The van der Waals surface area contributed by atoms with Crippen LogP contribution < -0.4 is 19.9 Å². The predicted octanol–water partition coefficient (Wildman–Crippen LogP) is 2.03. The summed E-state index contributed by atoms with van der Waals surface area (Å²) >= 11 is 0. The summed E-state index contributed by atoms with van der Waals surface area (Å²) in [5, 5.41) is 14.1. The summed E-state index contributed by atoms with van der Waals surface area (Å²) in [5.74, 6) is -2.13. The van der Waals surface area contributed by atoms with Crippen molar-refractivity contribution >= 4 is 27.8 Å². The van der Waals surface area contributed by atoms with Crippen LogP contribution in [0.4, 0.5) is 0 Å². The van der Waals surface area contributed by atoms with Gasteiger partial charge in [0.2, 0.25) is 0 Å². The number of carbonyl (C=O) groups is 3. The fourth-order valence-electron chi connectivity index (χ4n) is 3.75. The highest BCUT2D eigenvalue weighted by Gasteiger charge is 2.20. The molecule has 0 radical (unpaired) electrons. The summed E-state index contributed by atoms with van der Waals surface area (Å²) in [6, 6.07) is 16.3. The Balaban J connectivity index is 1.60. The lowest BCUT2D eigenvalue weighted by Crippen LogP contribution is -2.32. The number of aromatic nitrogens is 1. The number of para-hydroxylation sites is 1. The smallest absolute Gasteiger partial charge is 0.266 e. The lowest BCUT2D eigenvalue weighted by Gasteiger charge is -2.12. The van der Waals surface area contributed by atoms with Gasteiger partial charge in [0.05, 0.1) is 22.1 Å². The number of rotatable bonds is 14. The molecule has 0 spiro atoms. The lowest BCUT2D eigenvalue weighted by molar-refractivity contribution is -0.255. The minimum atomic E-state index is -4.23. The second-order valence-electron chi connectivity index (χ2n) is 8.76. The summed E-state index contributed by atoms with van der Waals surface area (Å²) in [5.41, 5.74) is 0.600. The van der Waals surface area contributed by atoms with Gasteiger partial charge in [0.25, 0.3) is 21.8 Å². The molecule has 0 saturated heterocycles. The number of amides is 2. The number of benzene rings is 2. The molecule has 39 heavy (non-hydrogen) atoms. The van der Waals surface area contributed by atoms with Gasteiger partial charge in [0.15, 0.2) is 6.61 Å². The maximum atomic E-state index is 12.9. The van der Waals surface area contributed by atoms with E-state index in [-0.39, 0.29) is 35.2 Å². The zero-order chi connectivity index (χ0) is 28.3. The number of unbranched alkanes of at least 4 members (excludes halogenated alkanes) is 2. The van der Waals surface area contributed by atoms with Crippen molar-refractivity contribution in [2.24, 2.45) is 0 Å². The van der Waals surface area contributed by atoms with Crippen LogP contribution in [0.5, 0.6) is 5.75 Å². The van der Waals surface area contributed by atoms with Crippen molar-refractivity contribution < 1.29 is 32.6 Å². The molecule has 0 aliphatic carbocycles. The van der Waals surface area contributed by atoms with Crippen LogP contribution in [0, 0.1) is 0 Å². The fraction of sp³-hybridized carbons (Fsp3) is 0.286. The third kappa shape index (κ3) is 8.92. The summed E-state index contributed by atoms with van der Waals surface area (Å²) in [4.78, 5) is 39.8. The van der Waals surface area contributed by atoms with Gasteiger partial charge in [-0.05, 0) is 60.7 Å². The molecule has 0 atom stereocenters. The Morgan fingerprint density at radius 3 is 2.46 bits per heavy atom. The first-order chi connectivity index (χ1) is 18.7. The molecule has 0 unspecified atom stereocenters. The minimum absolute atomic E-state index is 0.0772. The van der Waals surface area contributed by atoms with Crippen molar-refractivity contribution in [2.75, 3.05) is 13.2 Å². The molecule has 2 amide bonds. The van der Waals surface area contributed by atoms with Gasteiger partial charge in [-0.2, -0.15) is 0 Å². The Morgan fingerprint density at radius 2 is 1.74 bits per heavy atom. The average molecular weight is 553 g/mol. The summed E-state index contributed by atoms with van der Waals surface area (Å²) in [7, 11) is -4.23. The molecule has 10 nitrogen and oxygen atoms in total. The molecule has 3 aromatic rings. The number of ether oxygens (including phenoxy) is 1. The molecule has 206 valence electrons. The maximum Gasteiger partial charge on any atom is 0.266 e. The molecule has 0 aliphatic rings. The van der Waals surface area contributed by atoms with Gasteiger partial charge in [-0.15, -0.1) is 0 Å². The van der Waals surface area contributed by atoms with E-state index in [9.17, 15) is 27.9 Å². The number of aryl methyl sites for hydroxylation is 1. The van der Waals surface area contributed by atoms with Crippen LogP contribution in [0.2, 0.25) is 0 Å². The van der Waals surface area contributed by atoms with Crippen molar-refractivity contribution in [1.29, 1.82) is 0 Å². The number of hydrogen-bond donors (Lipinski definition) is 2. The molecular formula is C28H30N3O7S-. The highest BCUT2D eigenvalue weighted by atomic mass is 32.2. The summed E-state index contributed by atoms with van der Waals surface area (Å²) < 4.78 is 33.2. The van der Waals surface area contributed by atoms with Gasteiger partial charge >= 0.3 is 0 Å². The number of pyridine rings is 1. The number of carbonyl (C=O) groups excluding carboxylic acids is 3. The first-order valence-corrected chi connectivity index (χ1v) is 14.0. The first-order valence-electron chi connectivity index (χ1n) is 12.5. The second-order valence-corrected chi connectivity index (χ2v) is 10.4. The quantitative estimate of drug-likeness (QED) is 0.288. The van der Waals surface area contributed by atoms with Crippen LogP contribution >= 0.6 is 0 Å².